The van der Waals surface area contributed by atoms with Crippen LogP contribution >= 0.6 is 0 Å². The molecule has 0 aliphatic heterocycles. The minimum Gasteiger partial charge on any atom is -0.466 e. The summed E-state index contributed by atoms with van der Waals surface area (Å²) in [6, 6.07) is -0.631. The van der Waals surface area contributed by atoms with Gasteiger partial charge in [0.25, 0.3) is 0 Å². The van der Waals surface area contributed by atoms with Crippen molar-refractivity contribution in [2.45, 2.75) is 418 Å². The van der Waals surface area contributed by atoms with E-state index in [1.54, 1.807) is 6.08 Å². The highest BCUT2D eigenvalue weighted by atomic mass is 16.5. The zero-order chi connectivity index (χ0) is 61.3. The first-order valence-corrected chi connectivity index (χ1v) is 38.1. The van der Waals surface area contributed by atoms with Crippen molar-refractivity contribution in [3.8, 4) is 0 Å². The Morgan fingerprint density at radius 3 is 0.906 bits per heavy atom. The van der Waals surface area contributed by atoms with Gasteiger partial charge in [-0.2, -0.15) is 0 Å². The second-order valence-corrected chi connectivity index (χ2v) is 26.0. The number of ether oxygens (including phenoxy) is 1. The van der Waals surface area contributed by atoms with Gasteiger partial charge in [0.15, 0.2) is 0 Å². The molecule has 498 valence electrons. The summed E-state index contributed by atoms with van der Waals surface area (Å²) in [5.41, 5.74) is 0. The van der Waals surface area contributed by atoms with Crippen LogP contribution in [0.25, 0.3) is 0 Å². The molecule has 2 unspecified atom stereocenters. The molecule has 0 spiro atoms. The molecule has 0 saturated heterocycles. The molecular formula is C79H147NO5. The van der Waals surface area contributed by atoms with Crippen LogP contribution < -0.4 is 5.32 Å². The monoisotopic (exact) mass is 1190 g/mol. The first-order valence-electron chi connectivity index (χ1n) is 38.1. The Morgan fingerprint density at radius 2 is 0.588 bits per heavy atom. The van der Waals surface area contributed by atoms with E-state index < -0.39 is 12.1 Å². The smallest absolute Gasteiger partial charge is 0.305 e. The number of hydrogen-bond acceptors (Lipinski definition) is 5. The lowest BCUT2D eigenvalue weighted by atomic mass is 10.0. The topological polar surface area (TPSA) is 95.9 Å². The van der Waals surface area contributed by atoms with Gasteiger partial charge in [-0.15, -0.1) is 0 Å². The van der Waals surface area contributed by atoms with E-state index in [0.717, 1.165) is 57.8 Å². The van der Waals surface area contributed by atoms with Crippen molar-refractivity contribution in [1.82, 2.24) is 5.32 Å². The second kappa shape index (κ2) is 74.0. The molecule has 0 aromatic heterocycles. The van der Waals surface area contributed by atoms with Crippen LogP contribution in [0.1, 0.15) is 406 Å². The minimum atomic E-state index is -0.848. The summed E-state index contributed by atoms with van der Waals surface area (Å²) in [5, 5.41) is 23.3. The molecule has 0 aliphatic rings. The molecule has 6 heteroatoms. The summed E-state index contributed by atoms with van der Waals surface area (Å²) in [6.45, 7) is 4.91. The van der Waals surface area contributed by atoms with Crippen molar-refractivity contribution in [1.29, 1.82) is 0 Å². The molecule has 0 aromatic rings. The summed E-state index contributed by atoms with van der Waals surface area (Å²) in [7, 11) is 0. The van der Waals surface area contributed by atoms with Crippen LogP contribution in [0, 0.1) is 0 Å². The maximum Gasteiger partial charge on any atom is 0.305 e. The van der Waals surface area contributed by atoms with Crippen LogP contribution in [-0.4, -0.2) is 47.4 Å². The highest BCUT2D eigenvalue weighted by Gasteiger charge is 2.18. The van der Waals surface area contributed by atoms with Crippen LogP contribution in [0.15, 0.2) is 60.8 Å². The molecular weight excluding hydrogens is 1040 g/mol. The molecule has 0 bridgehead atoms. The second-order valence-electron chi connectivity index (χ2n) is 26.0. The summed E-state index contributed by atoms with van der Waals surface area (Å²) >= 11 is 0. The van der Waals surface area contributed by atoms with Gasteiger partial charge in [-0.3, -0.25) is 9.59 Å². The number of aliphatic hydroxyl groups excluding tert-OH is 2. The van der Waals surface area contributed by atoms with Crippen molar-refractivity contribution in [3.63, 3.8) is 0 Å². The molecule has 0 fully saturated rings. The van der Waals surface area contributed by atoms with Gasteiger partial charge in [0, 0.05) is 12.8 Å². The van der Waals surface area contributed by atoms with Crippen molar-refractivity contribution >= 4 is 11.9 Å². The molecule has 85 heavy (non-hydrogen) atoms. The molecule has 6 nitrogen and oxygen atoms in total. The number of rotatable bonds is 71. The number of unbranched alkanes of at least 4 members (excludes halogenated alkanes) is 52. The van der Waals surface area contributed by atoms with E-state index in [9.17, 15) is 19.8 Å². The summed E-state index contributed by atoms with van der Waals surface area (Å²) in [5.74, 6) is -0.0672. The highest BCUT2D eigenvalue weighted by Crippen LogP contribution is 2.18. The average Bonchev–Trinajstić information content (AvgIpc) is 3.51. The number of aliphatic hydroxyl groups is 2. The van der Waals surface area contributed by atoms with Gasteiger partial charge < -0.3 is 20.3 Å². The summed E-state index contributed by atoms with van der Waals surface area (Å²) in [4.78, 5) is 24.6. The number of esters is 1. The van der Waals surface area contributed by atoms with Crippen LogP contribution in [-0.2, 0) is 14.3 Å². The fourth-order valence-corrected chi connectivity index (χ4v) is 11.7. The quantitative estimate of drug-likeness (QED) is 0.0320. The first kappa shape index (κ1) is 82.6. The Labute approximate surface area is 530 Å². The Bertz CT molecular complexity index is 1470. The molecule has 2 atom stereocenters. The Balaban J connectivity index is 3.44. The largest absolute Gasteiger partial charge is 0.466 e. The zero-order valence-electron chi connectivity index (χ0n) is 57.1. The van der Waals surface area contributed by atoms with Crippen LogP contribution in [0.3, 0.4) is 0 Å². The number of carbonyl (C=O) groups excluding carboxylic acids is 2. The van der Waals surface area contributed by atoms with E-state index in [2.05, 4.69) is 67.8 Å². The Kier molecular flexibility index (Phi) is 71.9. The van der Waals surface area contributed by atoms with E-state index in [0.29, 0.717) is 19.4 Å². The lowest BCUT2D eigenvalue weighted by molar-refractivity contribution is -0.143. The third-order valence-corrected chi connectivity index (χ3v) is 17.5. The van der Waals surface area contributed by atoms with Crippen LogP contribution in [0.5, 0.6) is 0 Å². The van der Waals surface area contributed by atoms with E-state index >= 15 is 0 Å². The molecule has 0 aromatic carbocycles. The maximum atomic E-state index is 12.5. The molecule has 0 heterocycles. The Morgan fingerprint density at radius 1 is 0.329 bits per heavy atom. The average molecular weight is 1190 g/mol. The van der Waals surface area contributed by atoms with E-state index in [1.165, 1.54) is 321 Å². The SMILES string of the molecule is CCCCCC/C=C\C/C=C\CCCCCCCC(=O)OCCCCCCCCCCC/C=C\C/C=C\CCCCCCCCCCCCCCCC(=O)NC(CO)C(O)/C=C/CCCCCCCCCCCCCCCCCCCCCCC. The highest BCUT2D eigenvalue weighted by molar-refractivity contribution is 5.76. The molecule has 3 N–H and O–H groups in total. The standard InChI is InChI=1S/C79H147NO5/c1-3-5-7-9-11-13-15-17-19-21-22-23-31-34-37-40-43-47-51-55-59-63-67-71-77(82)76(75-81)80-78(83)72-68-64-60-56-52-48-44-41-38-35-32-29-27-25-24-26-28-30-33-36-39-42-46-50-54-58-62-66-70-74-85-79(84)73-69-65-61-57-53-49-45-20-18-16-14-12-10-8-6-4-2/h14,16,20,24,26,30,33,45,67,71,76-77,81-82H,3-13,15,17-19,21-23,25,27-29,31-32,34-44,46-66,68-70,72-75H2,1-2H3,(H,80,83)/b16-14-,26-24-,33-30-,45-20-,71-67+. The lowest BCUT2D eigenvalue weighted by Gasteiger charge is -2.20. The van der Waals surface area contributed by atoms with Crippen molar-refractivity contribution in [2.24, 2.45) is 0 Å². The Hall–Kier alpha value is -2.44. The van der Waals surface area contributed by atoms with Crippen molar-refractivity contribution < 1.29 is 24.5 Å². The van der Waals surface area contributed by atoms with Gasteiger partial charge in [0.2, 0.25) is 5.91 Å². The fraction of sp³-hybridized carbons (Fsp3) is 0.848. The summed E-state index contributed by atoms with van der Waals surface area (Å²) < 4.78 is 5.49. The van der Waals surface area contributed by atoms with Crippen molar-refractivity contribution in [3.05, 3.63) is 60.8 Å². The van der Waals surface area contributed by atoms with Gasteiger partial charge in [0.05, 0.1) is 25.4 Å². The number of allylic oxidation sites excluding steroid dienone is 9. The number of amides is 1. The van der Waals surface area contributed by atoms with Crippen LogP contribution in [0.4, 0.5) is 0 Å². The van der Waals surface area contributed by atoms with Gasteiger partial charge >= 0.3 is 5.97 Å². The van der Waals surface area contributed by atoms with Gasteiger partial charge in [-0.25, -0.2) is 0 Å². The normalized spacial score (nSPS) is 12.8. The molecule has 0 saturated carbocycles. The first-order chi connectivity index (χ1) is 42.0. The fourth-order valence-electron chi connectivity index (χ4n) is 11.7. The molecule has 0 rings (SSSR count). The van der Waals surface area contributed by atoms with E-state index in [1.807, 2.05) is 6.08 Å². The molecule has 0 aliphatic carbocycles. The lowest BCUT2D eigenvalue weighted by Crippen LogP contribution is -2.45. The maximum absolute atomic E-state index is 12.5. The zero-order valence-corrected chi connectivity index (χ0v) is 57.1. The summed E-state index contributed by atoms with van der Waals surface area (Å²) in [6.07, 6.45) is 98.9. The van der Waals surface area contributed by atoms with Crippen LogP contribution in [0.2, 0.25) is 0 Å². The van der Waals surface area contributed by atoms with Gasteiger partial charge in [0.1, 0.15) is 0 Å². The molecule has 0 radical (unpaired) electrons. The van der Waals surface area contributed by atoms with Gasteiger partial charge in [-0.1, -0.05) is 357 Å². The van der Waals surface area contributed by atoms with Gasteiger partial charge in [-0.05, 0) is 96.3 Å². The predicted octanol–water partition coefficient (Wildman–Crippen LogP) is 25.0. The third-order valence-electron chi connectivity index (χ3n) is 17.5. The van der Waals surface area contributed by atoms with E-state index in [-0.39, 0.29) is 18.5 Å². The number of hydrogen-bond donors (Lipinski definition) is 3. The number of nitrogens with one attached hydrogen (secondary N) is 1. The predicted molar refractivity (Wildman–Crippen MR) is 375 cm³/mol. The minimum absolute atomic E-state index is 0.00168. The van der Waals surface area contributed by atoms with Crippen molar-refractivity contribution in [2.75, 3.05) is 13.2 Å². The number of carbonyl (C=O) groups is 2. The van der Waals surface area contributed by atoms with E-state index in [4.69, 9.17) is 4.74 Å². The molecule has 1 amide bonds. The third kappa shape index (κ3) is 70.5.